The quantitative estimate of drug-likeness (QED) is 0.470. The lowest BCUT2D eigenvalue weighted by Gasteiger charge is -2.25. The number of benzene rings is 1. The fraction of sp³-hybridized carbons (Fsp3) is 0.560. The van der Waals surface area contributed by atoms with Crippen LogP contribution in [-0.4, -0.2) is 34.4 Å². The largest absolute Gasteiger partial charge is 0.466 e. The minimum Gasteiger partial charge on any atom is -0.466 e. The molecule has 1 atom stereocenters. The van der Waals surface area contributed by atoms with Crippen molar-refractivity contribution in [3.8, 4) is 0 Å². The average Bonchev–Trinajstić information content (AvgIpc) is 3.36. The molecule has 2 aliphatic carbocycles. The molecule has 0 spiro atoms. The van der Waals surface area contributed by atoms with E-state index in [0.717, 1.165) is 56.0 Å². The van der Waals surface area contributed by atoms with Crippen molar-refractivity contribution in [2.45, 2.75) is 82.8 Å². The first kappa shape index (κ1) is 24.0. The molecule has 1 aromatic heterocycles. The Bertz CT molecular complexity index is 1190. The SMILES string of the molecule is COC(=O)/C=C/C(C)Nn1c(=O)c2cc(F)c(NC3CCCCC3)cc2n(C2CCCC2)c1=O. The summed E-state index contributed by atoms with van der Waals surface area (Å²) in [6.45, 7) is 1.70. The Labute approximate surface area is 197 Å². The van der Waals surface area contributed by atoms with Gasteiger partial charge in [-0.05, 0) is 44.7 Å². The first-order valence-electron chi connectivity index (χ1n) is 12.2. The highest BCUT2D eigenvalue weighted by Gasteiger charge is 2.25. The molecule has 34 heavy (non-hydrogen) atoms. The van der Waals surface area contributed by atoms with Gasteiger partial charge in [0.25, 0.3) is 5.56 Å². The van der Waals surface area contributed by atoms with Crippen LogP contribution in [0.4, 0.5) is 10.1 Å². The Morgan fingerprint density at radius 2 is 1.79 bits per heavy atom. The fourth-order valence-electron chi connectivity index (χ4n) is 5.09. The average molecular weight is 473 g/mol. The van der Waals surface area contributed by atoms with Gasteiger partial charge in [-0.25, -0.2) is 14.0 Å². The van der Waals surface area contributed by atoms with E-state index in [9.17, 15) is 14.4 Å². The van der Waals surface area contributed by atoms with Gasteiger partial charge in [-0.2, -0.15) is 4.68 Å². The minimum atomic E-state index is -0.615. The number of carbonyl (C=O) groups excluding carboxylic acids is 1. The summed E-state index contributed by atoms with van der Waals surface area (Å²) < 4.78 is 22.3. The first-order chi connectivity index (χ1) is 16.4. The number of rotatable bonds is 7. The number of nitrogens with zero attached hydrogens (tertiary/aromatic N) is 2. The molecule has 0 saturated heterocycles. The van der Waals surface area contributed by atoms with Crippen LogP contribution in [0.15, 0.2) is 33.9 Å². The molecule has 0 radical (unpaired) electrons. The summed E-state index contributed by atoms with van der Waals surface area (Å²) in [6, 6.07) is 2.48. The van der Waals surface area contributed by atoms with E-state index in [1.165, 1.54) is 31.7 Å². The molecular formula is C25H33FN4O4. The molecule has 0 bridgehead atoms. The highest BCUT2D eigenvalue weighted by atomic mass is 19.1. The van der Waals surface area contributed by atoms with Gasteiger partial charge in [-0.15, -0.1) is 0 Å². The van der Waals surface area contributed by atoms with Crippen LogP contribution < -0.4 is 22.0 Å². The fourth-order valence-corrected chi connectivity index (χ4v) is 5.09. The second-order valence-electron chi connectivity index (χ2n) is 9.36. The molecular weight excluding hydrogens is 439 g/mol. The number of methoxy groups -OCH3 is 1. The third kappa shape index (κ3) is 5.03. The predicted octanol–water partition coefficient (Wildman–Crippen LogP) is 3.82. The second kappa shape index (κ2) is 10.4. The van der Waals surface area contributed by atoms with Crippen molar-refractivity contribution in [1.29, 1.82) is 0 Å². The van der Waals surface area contributed by atoms with Crippen molar-refractivity contribution in [2.24, 2.45) is 0 Å². The van der Waals surface area contributed by atoms with Crippen LogP contribution in [-0.2, 0) is 9.53 Å². The zero-order chi connectivity index (χ0) is 24.2. The Morgan fingerprint density at radius 1 is 1.12 bits per heavy atom. The maximum absolute atomic E-state index is 15.1. The molecule has 4 rings (SSSR count). The number of hydrogen-bond donors (Lipinski definition) is 2. The van der Waals surface area contributed by atoms with E-state index in [2.05, 4.69) is 15.5 Å². The lowest BCUT2D eigenvalue weighted by molar-refractivity contribution is -0.134. The van der Waals surface area contributed by atoms with Crippen molar-refractivity contribution in [3.05, 3.63) is 50.9 Å². The number of ether oxygens (including phenoxy) is 1. The lowest BCUT2D eigenvalue weighted by Crippen LogP contribution is -2.47. The van der Waals surface area contributed by atoms with Crippen LogP contribution in [0, 0.1) is 5.82 Å². The van der Waals surface area contributed by atoms with Crippen molar-refractivity contribution in [3.63, 3.8) is 0 Å². The topological polar surface area (TPSA) is 94.4 Å². The number of halogens is 1. The zero-order valence-corrected chi connectivity index (χ0v) is 19.8. The van der Waals surface area contributed by atoms with Crippen molar-refractivity contribution in [1.82, 2.24) is 9.24 Å². The number of fused-ring (bicyclic) bond motifs is 1. The zero-order valence-electron chi connectivity index (χ0n) is 19.8. The van der Waals surface area contributed by atoms with E-state index < -0.39 is 29.1 Å². The van der Waals surface area contributed by atoms with E-state index in [1.807, 2.05) is 0 Å². The Balaban J connectivity index is 1.79. The number of nitrogens with one attached hydrogen (secondary N) is 2. The minimum absolute atomic E-state index is 0.0578. The third-order valence-corrected chi connectivity index (χ3v) is 6.89. The van der Waals surface area contributed by atoms with E-state index in [4.69, 9.17) is 0 Å². The summed E-state index contributed by atoms with van der Waals surface area (Å²) in [4.78, 5) is 38.2. The molecule has 2 aromatic rings. The van der Waals surface area contributed by atoms with Gasteiger partial charge in [0.15, 0.2) is 0 Å². The predicted molar refractivity (Wildman–Crippen MR) is 130 cm³/mol. The molecule has 9 heteroatoms. The highest BCUT2D eigenvalue weighted by molar-refractivity contribution is 5.83. The van der Waals surface area contributed by atoms with Crippen molar-refractivity contribution in [2.75, 3.05) is 17.9 Å². The molecule has 2 fully saturated rings. The van der Waals surface area contributed by atoms with Gasteiger partial charge in [-0.1, -0.05) is 38.2 Å². The number of anilines is 1. The molecule has 0 aliphatic heterocycles. The van der Waals surface area contributed by atoms with Gasteiger partial charge >= 0.3 is 11.7 Å². The van der Waals surface area contributed by atoms with Crippen LogP contribution >= 0.6 is 0 Å². The normalized spacial score (nSPS) is 18.4. The number of hydrogen-bond acceptors (Lipinski definition) is 6. The molecule has 2 saturated carbocycles. The van der Waals surface area contributed by atoms with E-state index >= 15 is 4.39 Å². The van der Waals surface area contributed by atoms with Crippen molar-refractivity contribution < 1.29 is 13.9 Å². The summed E-state index contributed by atoms with van der Waals surface area (Å²) in [5, 5.41) is 3.46. The van der Waals surface area contributed by atoms with Crippen LogP contribution in [0.5, 0.6) is 0 Å². The number of carbonyl (C=O) groups is 1. The summed E-state index contributed by atoms with van der Waals surface area (Å²) >= 11 is 0. The Kier molecular flexibility index (Phi) is 7.38. The Hall–Kier alpha value is -3.10. The monoisotopic (exact) mass is 472 g/mol. The van der Waals surface area contributed by atoms with Gasteiger partial charge < -0.3 is 15.5 Å². The number of aromatic nitrogens is 2. The second-order valence-corrected chi connectivity index (χ2v) is 9.36. The molecule has 8 nitrogen and oxygen atoms in total. The molecule has 2 aliphatic rings. The van der Waals surface area contributed by atoms with Crippen LogP contribution in [0.2, 0.25) is 0 Å². The van der Waals surface area contributed by atoms with Gasteiger partial charge in [-0.3, -0.25) is 9.36 Å². The molecule has 2 N–H and O–H groups in total. The third-order valence-electron chi connectivity index (χ3n) is 6.89. The first-order valence-corrected chi connectivity index (χ1v) is 12.2. The summed E-state index contributed by atoms with van der Waals surface area (Å²) in [7, 11) is 1.27. The molecule has 1 unspecified atom stereocenters. The van der Waals surface area contributed by atoms with Crippen LogP contribution in [0.25, 0.3) is 10.9 Å². The summed E-state index contributed by atoms with van der Waals surface area (Å²) in [5.41, 5.74) is 2.54. The van der Waals surface area contributed by atoms with Crippen LogP contribution in [0.3, 0.4) is 0 Å². The highest BCUT2D eigenvalue weighted by Crippen LogP contribution is 2.32. The standard InChI is InChI=1S/C25H33FN4O4/c1-16(12-13-23(31)34-2)28-30-24(32)19-14-20(26)21(27-17-8-4-3-5-9-17)15-22(19)29(25(30)33)18-10-6-7-11-18/h12-18,27-28H,3-11H2,1-2H3/b13-12+. The Morgan fingerprint density at radius 3 is 2.47 bits per heavy atom. The lowest BCUT2D eigenvalue weighted by atomic mass is 9.95. The van der Waals surface area contributed by atoms with Crippen molar-refractivity contribution >= 4 is 22.6 Å². The van der Waals surface area contributed by atoms with E-state index in [1.54, 1.807) is 17.6 Å². The van der Waals surface area contributed by atoms with Gasteiger partial charge in [0.2, 0.25) is 0 Å². The maximum atomic E-state index is 15.1. The van der Waals surface area contributed by atoms with Gasteiger partial charge in [0.05, 0.1) is 29.7 Å². The molecule has 1 heterocycles. The summed E-state index contributed by atoms with van der Waals surface area (Å²) in [5.74, 6) is -1.04. The maximum Gasteiger partial charge on any atom is 0.350 e. The van der Waals surface area contributed by atoms with Gasteiger partial charge in [0.1, 0.15) is 5.82 Å². The molecule has 184 valence electrons. The summed E-state index contributed by atoms with van der Waals surface area (Å²) in [6.07, 6.45) is 11.8. The molecule has 1 aromatic carbocycles. The van der Waals surface area contributed by atoms with Crippen LogP contribution in [0.1, 0.15) is 70.8 Å². The smallest absolute Gasteiger partial charge is 0.350 e. The molecule has 0 amide bonds. The number of esters is 1. The van der Waals surface area contributed by atoms with E-state index in [-0.39, 0.29) is 17.5 Å². The van der Waals surface area contributed by atoms with E-state index in [0.29, 0.717) is 11.2 Å². The van der Waals surface area contributed by atoms with Gasteiger partial charge in [0, 0.05) is 18.2 Å².